The second-order valence-corrected chi connectivity index (χ2v) is 13.0. The number of imide groups is 1. The van der Waals surface area contributed by atoms with E-state index in [0.717, 1.165) is 13.9 Å². The van der Waals surface area contributed by atoms with Crippen LogP contribution >= 0.6 is 23.2 Å². The first-order chi connectivity index (χ1) is 23.7. The molecule has 4 unspecified atom stereocenters. The number of fused-ring (bicyclic) bond motifs is 4. The fourth-order valence-corrected chi connectivity index (χ4v) is 7.75. The maximum Gasteiger partial charge on any atom is 0.352 e. The molecule has 0 radical (unpaired) electrons. The first-order valence-electron chi connectivity index (χ1n) is 14.7. The summed E-state index contributed by atoms with van der Waals surface area (Å²) in [5.74, 6) is -17.2. The molecule has 2 aliphatic heterocycles. The molecule has 1 aromatic heterocycles. The third-order valence-electron chi connectivity index (χ3n) is 9.24. The number of ether oxygens (including phenoxy) is 1. The van der Waals surface area contributed by atoms with Crippen LogP contribution in [-0.2, 0) is 16.1 Å². The van der Waals surface area contributed by atoms with Gasteiger partial charge in [0.05, 0.1) is 25.4 Å². The number of hydrogen-bond acceptors (Lipinski definition) is 6. The lowest BCUT2D eigenvalue weighted by Gasteiger charge is -2.47. The predicted molar refractivity (Wildman–Crippen MR) is 169 cm³/mol. The van der Waals surface area contributed by atoms with Gasteiger partial charge in [-0.2, -0.15) is 0 Å². The number of carbonyl (C=O) groups is 2. The third-order valence-corrected chi connectivity index (χ3v) is 10.7. The van der Waals surface area contributed by atoms with Crippen molar-refractivity contribution < 1.29 is 41.4 Å². The number of carbonyl (C=O) groups excluding carboxylic acids is 2. The van der Waals surface area contributed by atoms with Crippen molar-refractivity contribution in [2.24, 2.45) is 5.92 Å². The number of nitrogens with zero attached hydrogens (tertiary/aromatic N) is 4. The van der Waals surface area contributed by atoms with Gasteiger partial charge in [-0.05, 0) is 35.4 Å². The van der Waals surface area contributed by atoms with Gasteiger partial charge in [0.1, 0.15) is 5.69 Å². The molecular weight excluding hydrogens is 714 g/mol. The summed E-state index contributed by atoms with van der Waals surface area (Å²) in [5, 5.41) is 10.0. The van der Waals surface area contributed by atoms with Crippen molar-refractivity contribution in [3.63, 3.8) is 0 Å². The smallest absolute Gasteiger partial charge is 0.352 e. The van der Waals surface area contributed by atoms with Crippen molar-refractivity contribution in [3.05, 3.63) is 122 Å². The molecule has 1 N–H and O–H groups in total. The highest BCUT2D eigenvalue weighted by atomic mass is 35.5. The monoisotopic (exact) mass is 734 g/mol. The van der Waals surface area contributed by atoms with Gasteiger partial charge in [0.15, 0.2) is 44.5 Å². The number of methoxy groups -OCH3 is 1. The highest BCUT2D eigenvalue weighted by Crippen LogP contribution is 2.61. The number of aromatic hydroxyl groups is 1. The number of allylic oxidation sites excluding steroid dienone is 3. The maximum atomic E-state index is 15.2. The van der Waals surface area contributed by atoms with Crippen molar-refractivity contribution >= 4 is 46.8 Å². The Kier molecular flexibility index (Phi) is 7.64. The van der Waals surface area contributed by atoms with Crippen molar-refractivity contribution in [3.8, 4) is 17.2 Å². The fourth-order valence-electron chi connectivity index (χ4n) is 6.88. The second-order valence-electron chi connectivity index (χ2n) is 11.7. The van der Waals surface area contributed by atoms with Crippen molar-refractivity contribution in [2.45, 2.75) is 28.8 Å². The summed E-state index contributed by atoms with van der Waals surface area (Å²) in [4.78, 5) is 50.3. The Morgan fingerprint density at radius 2 is 1.52 bits per heavy atom. The zero-order valence-corrected chi connectivity index (χ0v) is 26.9. The number of benzene rings is 3. The van der Waals surface area contributed by atoms with Crippen LogP contribution in [0.5, 0.6) is 11.5 Å². The minimum atomic E-state index is -2.69. The van der Waals surface area contributed by atoms with Crippen LogP contribution in [-0.4, -0.2) is 47.7 Å². The number of anilines is 1. The number of para-hydroxylation sites is 1. The highest BCUT2D eigenvalue weighted by Gasteiger charge is 2.75. The molecule has 1 aliphatic carbocycles. The van der Waals surface area contributed by atoms with Crippen molar-refractivity contribution in [1.82, 2.24) is 13.9 Å². The fraction of sp³-hybridized carbons (Fsp3) is 0.212. The summed E-state index contributed by atoms with van der Waals surface area (Å²) in [5.41, 5.74) is -2.74. The van der Waals surface area contributed by atoms with Gasteiger partial charge < -0.3 is 9.84 Å². The molecule has 3 heterocycles. The number of alkyl halides is 2. The van der Waals surface area contributed by atoms with Gasteiger partial charge in [-0.1, -0.05) is 42.5 Å². The van der Waals surface area contributed by atoms with Crippen molar-refractivity contribution in [1.29, 1.82) is 0 Å². The summed E-state index contributed by atoms with van der Waals surface area (Å²) in [6.07, 6.45) is 3.46. The van der Waals surface area contributed by atoms with E-state index in [1.165, 1.54) is 55.7 Å². The Bertz CT molecular complexity index is 2310. The van der Waals surface area contributed by atoms with E-state index in [0.29, 0.717) is 5.56 Å². The Labute approximate surface area is 287 Å². The molecule has 258 valence electrons. The van der Waals surface area contributed by atoms with Crippen LogP contribution in [0.2, 0.25) is 0 Å². The normalized spacial score (nSPS) is 24.3. The summed E-state index contributed by atoms with van der Waals surface area (Å²) >= 11 is 14.1. The molecule has 1 saturated heterocycles. The molecule has 7 rings (SSSR count). The first kappa shape index (κ1) is 33.4. The Hall–Kier alpha value is -5.15. The molecule has 3 aliphatic rings. The summed E-state index contributed by atoms with van der Waals surface area (Å²) in [6.45, 7) is -0.233. The molecule has 17 heteroatoms. The predicted octanol–water partition coefficient (Wildman–Crippen LogP) is 4.95. The lowest BCUT2D eigenvalue weighted by Crippen LogP contribution is -2.60. The van der Waals surface area contributed by atoms with Gasteiger partial charge in [-0.15, -0.1) is 23.2 Å². The molecular formula is C33H21Cl2F5N4O6. The molecule has 3 aromatic carbocycles. The molecule has 2 amide bonds. The van der Waals surface area contributed by atoms with E-state index in [1.807, 2.05) is 0 Å². The van der Waals surface area contributed by atoms with E-state index in [1.54, 1.807) is 18.2 Å². The second kappa shape index (κ2) is 11.5. The van der Waals surface area contributed by atoms with E-state index >= 15 is 8.78 Å². The quantitative estimate of drug-likeness (QED) is 0.0775. The van der Waals surface area contributed by atoms with E-state index < -0.39 is 86.1 Å². The standard InChI is InChI=1S/C33H21Cl2F5N4O6/c1-50-21-13-15(8-10-20(21)45)7-9-18-17-11-12-41-30(48)42(16-5-3-2-4-6-16)31(49)44(41)19(17)14-32(34)28(46)43(29(47)33(18,32)35)27-25(39)23(37)22(36)24(38)26(27)40/h2-11,13,18-19,45H,12,14H2,1H3. The molecule has 4 atom stereocenters. The minimum Gasteiger partial charge on any atom is -0.504 e. The number of phenolic OH excluding ortho intramolecular Hbond substituents is 1. The molecule has 0 spiro atoms. The van der Waals surface area contributed by atoms with Crippen LogP contribution < -0.4 is 21.0 Å². The summed E-state index contributed by atoms with van der Waals surface area (Å²) < 4.78 is 81.2. The topological polar surface area (TPSA) is 116 Å². The van der Waals surface area contributed by atoms with E-state index in [9.17, 15) is 37.5 Å². The van der Waals surface area contributed by atoms with Crippen LogP contribution in [0.15, 0.2) is 75.8 Å². The molecule has 2 fully saturated rings. The maximum absolute atomic E-state index is 15.2. The van der Waals surface area contributed by atoms with Crippen LogP contribution in [0.1, 0.15) is 18.0 Å². The number of hydrogen-bond donors (Lipinski definition) is 1. The van der Waals surface area contributed by atoms with Crippen LogP contribution in [0.25, 0.3) is 11.8 Å². The average Bonchev–Trinajstić information content (AvgIpc) is 3.45. The number of rotatable bonds is 5. The van der Waals surface area contributed by atoms with E-state index in [-0.39, 0.29) is 34.2 Å². The molecule has 4 aromatic rings. The summed E-state index contributed by atoms with van der Waals surface area (Å²) in [6, 6.07) is 10.7. The molecule has 50 heavy (non-hydrogen) atoms. The van der Waals surface area contributed by atoms with Gasteiger partial charge >= 0.3 is 11.4 Å². The van der Waals surface area contributed by atoms with Crippen molar-refractivity contribution in [2.75, 3.05) is 12.0 Å². The number of halogens is 7. The van der Waals surface area contributed by atoms with Gasteiger partial charge in [-0.25, -0.2) is 50.4 Å². The average molecular weight is 735 g/mol. The Morgan fingerprint density at radius 1 is 0.880 bits per heavy atom. The number of amides is 2. The lowest BCUT2D eigenvalue weighted by molar-refractivity contribution is -0.122. The first-order valence-corrected chi connectivity index (χ1v) is 15.5. The zero-order chi connectivity index (χ0) is 36.0. The Morgan fingerprint density at radius 3 is 2.16 bits per heavy atom. The van der Waals surface area contributed by atoms with Gasteiger partial charge in [-0.3, -0.25) is 9.59 Å². The Balaban J connectivity index is 1.46. The molecule has 0 bridgehead atoms. The molecule has 1 saturated carbocycles. The van der Waals surface area contributed by atoms with Gasteiger partial charge in [0.25, 0.3) is 11.8 Å². The van der Waals surface area contributed by atoms with Crippen LogP contribution in [0.4, 0.5) is 27.6 Å². The third kappa shape index (κ3) is 4.32. The van der Waals surface area contributed by atoms with Gasteiger partial charge in [0, 0.05) is 12.3 Å². The van der Waals surface area contributed by atoms with Gasteiger partial charge in [0.2, 0.25) is 5.82 Å². The highest BCUT2D eigenvalue weighted by molar-refractivity contribution is 6.58. The van der Waals surface area contributed by atoms with E-state index in [2.05, 4.69) is 0 Å². The summed E-state index contributed by atoms with van der Waals surface area (Å²) in [7, 11) is 1.30. The molecule has 10 nitrogen and oxygen atoms in total. The van der Waals surface area contributed by atoms with Crippen LogP contribution in [0.3, 0.4) is 0 Å². The largest absolute Gasteiger partial charge is 0.504 e. The van der Waals surface area contributed by atoms with E-state index in [4.69, 9.17) is 27.9 Å². The minimum absolute atomic E-state index is 0.0558. The number of aromatic nitrogens is 3. The lowest BCUT2D eigenvalue weighted by atomic mass is 9.66. The van der Waals surface area contributed by atoms with Crippen LogP contribution in [0, 0.1) is 35.0 Å². The SMILES string of the molecule is COc1cc(C=CC2C3=CCn4c(=O)n(-c5ccccc5)c(=O)n4C3CC3(Cl)C(=O)N(c4c(F)c(F)c(F)c(F)c4F)C(=O)C23Cl)ccc1O. The number of phenols is 1. The zero-order valence-electron chi connectivity index (χ0n) is 25.3.